The summed E-state index contributed by atoms with van der Waals surface area (Å²) in [6, 6.07) is 18.7. The molecule has 0 aliphatic heterocycles. The molecule has 0 bridgehead atoms. The van der Waals surface area contributed by atoms with Gasteiger partial charge in [0.1, 0.15) is 12.4 Å². The van der Waals surface area contributed by atoms with Gasteiger partial charge in [-0.2, -0.15) is 0 Å². The third-order valence-electron chi connectivity index (χ3n) is 6.71. The van der Waals surface area contributed by atoms with Gasteiger partial charge in [0.05, 0.1) is 15.7 Å². The zero-order valence-corrected chi connectivity index (χ0v) is 22.1. The molecule has 1 heterocycles. The van der Waals surface area contributed by atoms with E-state index in [2.05, 4.69) is 10.3 Å². The summed E-state index contributed by atoms with van der Waals surface area (Å²) in [5.74, 6) is -0.526. The van der Waals surface area contributed by atoms with Gasteiger partial charge in [0.25, 0.3) is 0 Å². The first-order chi connectivity index (χ1) is 18.4. The van der Waals surface area contributed by atoms with Crippen LogP contribution in [0, 0.1) is 5.82 Å². The molecule has 196 valence electrons. The highest BCUT2D eigenvalue weighted by atomic mass is 35.5. The minimum absolute atomic E-state index is 0.0264. The van der Waals surface area contributed by atoms with Crippen LogP contribution in [0.2, 0.25) is 10.0 Å². The van der Waals surface area contributed by atoms with Crippen LogP contribution >= 0.6 is 23.2 Å². The van der Waals surface area contributed by atoms with Crippen LogP contribution in [-0.2, 0) is 17.8 Å². The van der Waals surface area contributed by atoms with Crippen molar-refractivity contribution in [2.45, 2.75) is 31.8 Å². The summed E-state index contributed by atoms with van der Waals surface area (Å²) < 4.78 is 13.5. The predicted molar refractivity (Wildman–Crippen MR) is 149 cm³/mol. The van der Waals surface area contributed by atoms with E-state index in [1.165, 1.54) is 12.1 Å². The van der Waals surface area contributed by atoms with Crippen molar-refractivity contribution in [3.63, 3.8) is 0 Å². The molecular formula is C29H27Cl2FN4O2. The number of nitrogens with one attached hydrogen (secondary N) is 2. The van der Waals surface area contributed by atoms with E-state index >= 15 is 0 Å². The van der Waals surface area contributed by atoms with Crippen LogP contribution in [0.4, 0.5) is 14.9 Å². The minimum Gasteiger partial charge on any atom is -0.361 e. The second-order valence-corrected chi connectivity index (χ2v) is 10.3. The van der Waals surface area contributed by atoms with Crippen molar-refractivity contribution in [1.29, 1.82) is 0 Å². The molecule has 4 aromatic rings. The molecule has 0 spiro atoms. The first kappa shape index (κ1) is 26.1. The van der Waals surface area contributed by atoms with E-state index in [-0.39, 0.29) is 24.3 Å². The maximum absolute atomic E-state index is 13.6. The van der Waals surface area contributed by atoms with Gasteiger partial charge in [0.15, 0.2) is 0 Å². The number of anilines is 1. The van der Waals surface area contributed by atoms with Crippen LogP contribution < -0.4 is 5.32 Å². The van der Waals surface area contributed by atoms with Crippen LogP contribution in [0.15, 0.2) is 72.9 Å². The SMILES string of the molecule is O=C(CN(C(=O)Nc1c(Cl)cccc1Cl)C1CC1)N(CCc1c[nH]c2ccccc12)Cc1ccc(F)cc1. The van der Waals surface area contributed by atoms with E-state index in [9.17, 15) is 14.0 Å². The van der Waals surface area contributed by atoms with Crippen molar-refractivity contribution < 1.29 is 14.0 Å². The molecular weight excluding hydrogens is 526 g/mol. The lowest BCUT2D eigenvalue weighted by molar-refractivity contribution is -0.132. The number of hydrogen-bond acceptors (Lipinski definition) is 2. The fourth-order valence-electron chi connectivity index (χ4n) is 4.49. The zero-order chi connectivity index (χ0) is 26.6. The average molecular weight is 553 g/mol. The van der Waals surface area contributed by atoms with Gasteiger partial charge in [-0.15, -0.1) is 0 Å². The number of urea groups is 1. The van der Waals surface area contributed by atoms with Crippen molar-refractivity contribution in [3.8, 4) is 0 Å². The van der Waals surface area contributed by atoms with Crippen LogP contribution in [0.1, 0.15) is 24.0 Å². The normalized spacial score (nSPS) is 12.9. The summed E-state index contributed by atoms with van der Waals surface area (Å²) in [5.41, 5.74) is 3.27. The first-order valence-electron chi connectivity index (χ1n) is 12.5. The number of carbonyl (C=O) groups is 2. The highest BCUT2D eigenvalue weighted by Crippen LogP contribution is 2.32. The second kappa shape index (κ2) is 11.5. The van der Waals surface area contributed by atoms with Crippen molar-refractivity contribution in [2.24, 2.45) is 0 Å². The zero-order valence-electron chi connectivity index (χ0n) is 20.6. The Balaban J connectivity index is 1.33. The molecule has 1 aliphatic rings. The van der Waals surface area contributed by atoms with Crippen molar-refractivity contribution in [2.75, 3.05) is 18.4 Å². The smallest absolute Gasteiger partial charge is 0.322 e. The van der Waals surface area contributed by atoms with Crippen LogP contribution in [0.25, 0.3) is 10.9 Å². The lowest BCUT2D eigenvalue weighted by Gasteiger charge is -2.28. The van der Waals surface area contributed by atoms with Gasteiger partial charge < -0.3 is 20.1 Å². The van der Waals surface area contributed by atoms with Gasteiger partial charge in [-0.3, -0.25) is 4.79 Å². The summed E-state index contributed by atoms with van der Waals surface area (Å²) in [6.07, 6.45) is 4.23. The number of aromatic nitrogens is 1. The fraction of sp³-hybridized carbons (Fsp3) is 0.241. The molecule has 2 N–H and O–H groups in total. The number of para-hydroxylation sites is 2. The molecule has 0 radical (unpaired) electrons. The number of hydrogen-bond donors (Lipinski definition) is 2. The van der Waals surface area contributed by atoms with Gasteiger partial charge in [0.2, 0.25) is 5.91 Å². The van der Waals surface area contributed by atoms with Gasteiger partial charge >= 0.3 is 6.03 Å². The van der Waals surface area contributed by atoms with Crippen LogP contribution in [0.3, 0.4) is 0 Å². The number of benzene rings is 3. The summed E-state index contributed by atoms with van der Waals surface area (Å²) in [5, 5.41) is 4.54. The Labute approximate surface area is 230 Å². The number of fused-ring (bicyclic) bond motifs is 1. The molecule has 5 rings (SSSR count). The number of halogens is 3. The summed E-state index contributed by atoms with van der Waals surface area (Å²) in [7, 11) is 0. The van der Waals surface area contributed by atoms with Gasteiger partial charge in [0, 0.05) is 36.2 Å². The number of carbonyl (C=O) groups excluding carboxylic acids is 2. The Kier molecular flexibility index (Phi) is 7.86. The molecule has 0 saturated heterocycles. The van der Waals surface area contributed by atoms with Crippen molar-refractivity contribution >= 4 is 51.7 Å². The van der Waals surface area contributed by atoms with Gasteiger partial charge in [-0.25, -0.2) is 9.18 Å². The molecule has 3 aromatic carbocycles. The van der Waals surface area contributed by atoms with E-state index in [0.717, 1.165) is 34.9 Å². The number of rotatable bonds is 9. The highest BCUT2D eigenvalue weighted by molar-refractivity contribution is 6.39. The number of H-pyrrole nitrogens is 1. The summed E-state index contributed by atoms with van der Waals surface area (Å²) >= 11 is 12.5. The Hall–Kier alpha value is -3.55. The van der Waals surface area contributed by atoms with Crippen molar-refractivity contribution in [1.82, 2.24) is 14.8 Å². The molecule has 38 heavy (non-hydrogen) atoms. The quantitative estimate of drug-likeness (QED) is 0.237. The van der Waals surface area contributed by atoms with E-state index in [1.807, 2.05) is 30.5 Å². The molecule has 0 unspecified atom stereocenters. The standard InChI is InChI=1S/C29H27Cl2FN4O2/c30-24-5-3-6-25(31)28(24)34-29(38)36(22-12-13-22)18-27(37)35(17-19-8-10-21(32)11-9-19)15-14-20-16-33-26-7-2-1-4-23(20)26/h1-11,16,22,33H,12-15,17-18H2,(H,34,38). The Morgan fingerprint density at radius 2 is 1.68 bits per heavy atom. The Morgan fingerprint density at radius 3 is 2.39 bits per heavy atom. The number of aromatic amines is 1. The summed E-state index contributed by atoms with van der Waals surface area (Å²) in [4.78, 5) is 33.4. The molecule has 1 aliphatic carbocycles. The van der Waals surface area contributed by atoms with Crippen LogP contribution in [0.5, 0.6) is 0 Å². The highest BCUT2D eigenvalue weighted by Gasteiger charge is 2.35. The molecule has 1 saturated carbocycles. The molecule has 1 fully saturated rings. The largest absolute Gasteiger partial charge is 0.361 e. The summed E-state index contributed by atoms with van der Waals surface area (Å²) in [6.45, 7) is 0.653. The monoisotopic (exact) mass is 552 g/mol. The van der Waals surface area contributed by atoms with E-state index in [4.69, 9.17) is 23.2 Å². The predicted octanol–water partition coefficient (Wildman–Crippen LogP) is 6.88. The Morgan fingerprint density at radius 1 is 0.974 bits per heavy atom. The molecule has 9 heteroatoms. The third kappa shape index (κ3) is 6.11. The van der Waals surface area contributed by atoms with E-state index in [1.54, 1.807) is 40.1 Å². The van der Waals surface area contributed by atoms with E-state index < -0.39 is 6.03 Å². The molecule has 0 atom stereocenters. The molecule has 1 aromatic heterocycles. The first-order valence-corrected chi connectivity index (χ1v) is 13.2. The Bertz CT molecular complexity index is 1430. The van der Waals surface area contributed by atoms with Gasteiger partial charge in [-0.1, -0.05) is 59.6 Å². The minimum atomic E-state index is -0.422. The van der Waals surface area contributed by atoms with Crippen LogP contribution in [-0.4, -0.2) is 45.9 Å². The lowest BCUT2D eigenvalue weighted by atomic mass is 10.1. The maximum atomic E-state index is 13.6. The molecule has 6 nitrogen and oxygen atoms in total. The second-order valence-electron chi connectivity index (χ2n) is 9.44. The third-order valence-corrected chi connectivity index (χ3v) is 7.34. The maximum Gasteiger partial charge on any atom is 0.322 e. The molecule has 3 amide bonds. The lowest BCUT2D eigenvalue weighted by Crippen LogP contribution is -2.46. The van der Waals surface area contributed by atoms with Crippen molar-refractivity contribution in [3.05, 3.63) is 99.9 Å². The number of nitrogens with zero attached hydrogens (tertiary/aromatic N) is 2. The van der Waals surface area contributed by atoms with Gasteiger partial charge in [-0.05, 0) is 60.7 Å². The number of amides is 3. The average Bonchev–Trinajstić information content (AvgIpc) is 3.67. The fourth-order valence-corrected chi connectivity index (χ4v) is 4.98. The topological polar surface area (TPSA) is 68.4 Å². The van der Waals surface area contributed by atoms with E-state index in [0.29, 0.717) is 35.2 Å².